The van der Waals surface area contributed by atoms with Crippen LogP contribution < -0.4 is 5.32 Å². The number of para-hydroxylation sites is 2. The van der Waals surface area contributed by atoms with Crippen LogP contribution in [0.5, 0.6) is 0 Å². The van der Waals surface area contributed by atoms with E-state index in [9.17, 15) is 4.79 Å². The predicted molar refractivity (Wildman–Crippen MR) is 87.7 cm³/mol. The largest absolute Gasteiger partial charge is 0.483 e. The van der Waals surface area contributed by atoms with Crippen LogP contribution in [0.1, 0.15) is 22.0 Å². The molecule has 2 N–H and O–H groups in total. The van der Waals surface area contributed by atoms with Crippen molar-refractivity contribution >= 4 is 29.2 Å². The van der Waals surface area contributed by atoms with E-state index in [1.165, 1.54) is 6.20 Å². The highest BCUT2D eigenvalue weighted by Crippen LogP contribution is 2.11. The summed E-state index contributed by atoms with van der Waals surface area (Å²) in [7, 11) is 0. The molecule has 0 aliphatic heterocycles. The minimum atomic E-state index is -0.342. The fraction of sp³-hybridized carbons (Fsp3) is 0.125. The van der Waals surface area contributed by atoms with E-state index in [1.807, 2.05) is 31.2 Å². The number of anilines is 1. The van der Waals surface area contributed by atoms with Crippen molar-refractivity contribution in [3.8, 4) is 0 Å². The Morgan fingerprint density at radius 1 is 1.12 bits per heavy atom. The average molecular weight is 325 g/mol. The maximum atomic E-state index is 12.2. The van der Waals surface area contributed by atoms with Crippen LogP contribution in [-0.2, 0) is 4.79 Å². The van der Waals surface area contributed by atoms with Gasteiger partial charge in [-0.15, -0.1) is 0 Å². The first kappa shape index (κ1) is 16.9. The molecule has 1 amide bonds. The van der Waals surface area contributed by atoms with Crippen LogP contribution in [-0.4, -0.2) is 37.4 Å². The van der Waals surface area contributed by atoms with Crippen molar-refractivity contribution in [2.24, 2.45) is 0 Å². The number of fused-ring (bicyclic) bond motifs is 1. The molecule has 3 rings (SSSR count). The van der Waals surface area contributed by atoms with Gasteiger partial charge in [-0.25, -0.2) is 15.0 Å². The minimum Gasteiger partial charge on any atom is -0.483 e. The van der Waals surface area contributed by atoms with Crippen LogP contribution in [0.4, 0.5) is 5.82 Å². The van der Waals surface area contributed by atoms with Gasteiger partial charge in [0.1, 0.15) is 17.3 Å². The molecule has 0 atom stereocenters. The number of benzene rings is 1. The van der Waals surface area contributed by atoms with E-state index >= 15 is 0 Å². The number of carbonyl (C=O) groups is 2. The van der Waals surface area contributed by atoms with Crippen LogP contribution in [0.2, 0.25) is 0 Å². The first-order chi connectivity index (χ1) is 11.5. The molecule has 3 aromatic rings. The molecule has 0 bridgehead atoms. The number of carboxylic acid groups (broad SMARTS) is 1. The topological polar surface area (TPSA) is 118 Å². The van der Waals surface area contributed by atoms with Gasteiger partial charge in [0.25, 0.3) is 12.4 Å². The second kappa shape index (κ2) is 7.73. The predicted octanol–water partition coefficient (Wildman–Crippen LogP) is 1.99. The summed E-state index contributed by atoms with van der Waals surface area (Å²) in [6, 6.07) is 9.11. The number of hydrogen-bond acceptors (Lipinski definition) is 6. The number of aromatic nitrogens is 4. The number of nitrogens with one attached hydrogen (secondary N) is 1. The summed E-state index contributed by atoms with van der Waals surface area (Å²) in [6.45, 7) is 3.37. The average Bonchev–Trinajstić information content (AvgIpc) is 2.54. The van der Waals surface area contributed by atoms with Crippen LogP contribution in [0.15, 0.2) is 36.5 Å². The Labute approximate surface area is 137 Å². The van der Waals surface area contributed by atoms with Crippen molar-refractivity contribution in [1.82, 2.24) is 19.9 Å². The van der Waals surface area contributed by atoms with Crippen molar-refractivity contribution in [3.05, 3.63) is 53.7 Å². The van der Waals surface area contributed by atoms with Crippen molar-refractivity contribution in [2.75, 3.05) is 5.32 Å². The molecule has 0 saturated heterocycles. The molecule has 0 fully saturated rings. The van der Waals surface area contributed by atoms with Gasteiger partial charge in [-0.1, -0.05) is 12.1 Å². The number of nitrogens with zero attached hydrogens (tertiary/aromatic N) is 4. The van der Waals surface area contributed by atoms with E-state index in [1.54, 1.807) is 13.0 Å². The van der Waals surface area contributed by atoms with E-state index in [4.69, 9.17) is 9.90 Å². The normalized spacial score (nSPS) is 9.75. The molecule has 1 aromatic carbocycles. The molecule has 24 heavy (non-hydrogen) atoms. The second-order valence-corrected chi connectivity index (χ2v) is 4.75. The first-order valence-corrected chi connectivity index (χ1v) is 6.96. The number of rotatable bonds is 2. The molecule has 0 unspecified atom stereocenters. The maximum Gasteiger partial charge on any atom is 0.290 e. The summed E-state index contributed by atoms with van der Waals surface area (Å²) in [5, 5.41) is 9.60. The number of carbonyl (C=O) groups excluding carboxylic acids is 1. The molecule has 122 valence electrons. The molecule has 0 saturated carbocycles. The van der Waals surface area contributed by atoms with E-state index in [-0.39, 0.29) is 18.1 Å². The Hall–Kier alpha value is -3.42. The summed E-state index contributed by atoms with van der Waals surface area (Å²) in [5.74, 6) is 0.723. The van der Waals surface area contributed by atoms with E-state index in [0.717, 1.165) is 11.2 Å². The van der Waals surface area contributed by atoms with E-state index in [2.05, 4.69) is 25.3 Å². The van der Waals surface area contributed by atoms with Crippen molar-refractivity contribution in [1.29, 1.82) is 0 Å². The van der Waals surface area contributed by atoms with Gasteiger partial charge in [-0.2, -0.15) is 0 Å². The second-order valence-electron chi connectivity index (χ2n) is 4.75. The van der Waals surface area contributed by atoms with Crippen LogP contribution in [0.3, 0.4) is 0 Å². The third-order valence-electron chi connectivity index (χ3n) is 2.89. The molecular formula is C16H15N5O3. The lowest BCUT2D eigenvalue weighted by atomic mass is 10.3. The maximum absolute atomic E-state index is 12.2. The molecule has 0 spiro atoms. The number of amides is 1. The quantitative estimate of drug-likeness (QED) is 0.692. The third-order valence-corrected chi connectivity index (χ3v) is 2.89. The fourth-order valence-corrected chi connectivity index (χ4v) is 2.03. The highest BCUT2D eigenvalue weighted by molar-refractivity contribution is 6.03. The van der Waals surface area contributed by atoms with Gasteiger partial charge in [0.2, 0.25) is 0 Å². The number of aryl methyl sites for hydroxylation is 2. The smallest absolute Gasteiger partial charge is 0.290 e. The highest BCUT2D eigenvalue weighted by Gasteiger charge is 2.10. The Balaban J connectivity index is 0.000000647. The summed E-state index contributed by atoms with van der Waals surface area (Å²) in [4.78, 5) is 37.4. The zero-order chi connectivity index (χ0) is 17.5. The Morgan fingerprint density at radius 2 is 1.79 bits per heavy atom. The Bertz CT molecular complexity index is 862. The lowest BCUT2D eigenvalue weighted by molar-refractivity contribution is -0.122. The van der Waals surface area contributed by atoms with E-state index in [0.29, 0.717) is 17.2 Å². The van der Waals surface area contributed by atoms with Crippen molar-refractivity contribution in [3.63, 3.8) is 0 Å². The molecule has 8 heteroatoms. The Morgan fingerprint density at radius 3 is 2.46 bits per heavy atom. The molecule has 0 aliphatic rings. The highest BCUT2D eigenvalue weighted by atomic mass is 16.3. The van der Waals surface area contributed by atoms with Gasteiger partial charge < -0.3 is 10.4 Å². The molecule has 8 nitrogen and oxygen atoms in total. The molecule has 0 radical (unpaired) electrons. The van der Waals surface area contributed by atoms with Crippen LogP contribution in [0, 0.1) is 13.8 Å². The Kier molecular flexibility index (Phi) is 5.45. The van der Waals surface area contributed by atoms with E-state index < -0.39 is 0 Å². The van der Waals surface area contributed by atoms with Crippen LogP contribution >= 0.6 is 0 Å². The van der Waals surface area contributed by atoms with Gasteiger partial charge in [0.15, 0.2) is 0 Å². The zero-order valence-corrected chi connectivity index (χ0v) is 13.1. The van der Waals surface area contributed by atoms with Gasteiger partial charge in [0, 0.05) is 11.8 Å². The van der Waals surface area contributed by atoms with Gasteiger partial charge in [-0.3, -0.25) is 14.6 Å². The monoisotopic (exact) mass is 325 g/mol. The summed E-state index contributed by atoms with van der Waals surface area (Å²) < 4.78 is 0. The standard InChI is InChI=1S/C15H13N5O.CH2O2/c1-9-7-14(18-10(2)17-9)20-15(21)13-8-16-11-5-3-4-6-12(11)19-13;2-1-3/h3-8H,1-2H3,(H,17,18,20,21);1H,(H,2,3). The molecule has 2 heterocycles. The summed E-state index contributed by atoms with van der Waals surface area (Å²) in [5.41, 5.74) is 2.48. The summed E-state index contributed by atoms with van der Waals surface area (Å²) in [6.07, 6.45) is 1.46. The molecule has 2 aromatic heterocycles. The third kappa shape index (κ3) is 4.29. The molecule has 0 aliphatic carbocycles. The van der Waals surface area contributed by atoms with Crippen molar-refractivity contribution in [2.45, 2.75) is 13.8 Å². The fourth-order valence-electron chi connectivity index (χ4n) is 2.03. The number of hydrogen-bond donors (Lipinski definition) is 2. The van der Waals surface area contributed by atoms with Crippen LogP contribution in [0.25, 0.3) is 11.0 Å². The lowest BCUT2D eigenvalue weighted by Gasteiger charge is -2.06. The van der Waals surface area contributed by atoms with Gasteiger partial charge in [-0.05, 0) is 26.0 Å². The lowest BCUT2D eigenvalue weighted by Crippen LogP contribution is -2.15. The SMILES string of the molecule is Cc1cc(NC(=O)c2cnc3ccccc3n2)nc(C)n1.O=CO. The first-order valence-electron chi connectivity index (χ1n) is 6.96. The molecular weight excluding hydrogens is 310 g/mol. The minimum absolute atomic E-state index is 0.250. The van der Waals surface area contributed by atoms with Crippen molar-refractivity contribution < 1.29 is 14.7 Å². The van der Waals surface area contributed by atoms with Gasteiger partial charge in [0.05, 0.1) is 17.2 Å². The van der Waals surface area contributed by atoms with Gasteiger partial charge >= 0.3 is 0 Å². The summed E-state index contributed by atoms with van der Waals surface area (Å²) >= 11 is 0. The zero-order valence-electron chi connectivity index (χ0n) is 13.1.